The summed E-state index contributed by atoms with van der Waals surface area (Å²) < 4.78 is 61.4. The Morgan fingerprint density at radius 2 is 1.80 bits per heavy atom. The number of halogens is 3. The van der Waals surface area contributed by atoms with Crippen LogP contribution in [0, 0.1) is 0 Å². The van der Waals surface area contributed by atoms with Crippen molar-refractivity contribution in [3.63, 3.8) is 0 Å². The molecule has 5 nitrogen and oxygen atoms in total. The van der Waals surface area contributed by atoms with Crippen LogP contribution < -0.4 is 4.72 Å². The van der Waals surface area contributed by atoms with Gasteiger partial charge in [-0.2, -0.15) is 13.2 Å². The number of hydrogen-bond donors (Lipinski definition) is 2. The van der Waals surface area contributed by atoms with Gasteiger partial charge in [-0.1, -0.05) is 0 Å². The summed E-state index contributed by atoms with van der Waals surface area (Å²) in [7, 11) is -4.14. The van der Waals surface area contributed by atoms with Gasteiger partial charge in [0.1, 0.15) is 0 Å². The maximum Gasteiger partial charge on any atom is 0.446 e. The minimum absolute atomic E-state index is 0.00961. The van der Waals surface area contributed by atoms with Crippen LogP contribution in [0.4, 0.5) is 18.9 Å². The fraction of sp³-hybridized carbons (Fsp3) is 0.300. The fourth-order valence-electron chi connectivity index (χ4n) is 1.11. The SMILES string of the molecule is CC(C(=O)O)S(=O)(=O)Nc1ccc(SC(F)(F)F)cc1. The molecule has 0 bridgehead atoms. The lowest BCUT2D eigenvalue weighted by atomic mass is 10.3. The number of anilines is 1. The Morgan fingerprint density at radius 3 is 2.20 bits per heavy atom. The molecule has 0 aromatic heterocycles. The topological polar surface area (TPSA) is 83.5 Å². The molecule has 0 aliphatic carbocycles. The van der Waals surface area contributed by atoms with E-state index in [1.807, 2.05) is 4.72 Å². The second-order valence-corrected chi connectivity index (χ2v) is 6.84. The van der Waals surface area contributed by atoms with Crippen LogP contribution in [-0.4, -0.2) is 30.3 Å². The van der Waals surface area contributed by atoms with E-state index in [-0.39, 0.29) is 22.3 Å². The molecule has 10 heteroatoms. The molecular formula is C10H10F3NO4S2. The molecular weight excluding hydrogens is 319 g/mol. The van der Waals surface area contributed by atoms with E-state index in [0.717, 1.165) is 31.2 Å². The van der Waals surface area contributed by atoms with Crippen molar-refractivity contribution in [3.05, 3.63) is 24.3 Å². The van der Waals surface area contributed by atoms with E-state index in [1.54, 1.807) is 0 Å². The lowest BCUT2D eigenvalue weighted by molar-refractivity contribution is -0.136. The minimum Gasteiger partial charge on any atom is -0.480 e. The standard InChI is InChI=1S/C10H10F3NO4S2/c1-6(9(15)16)20(17,18)14-7-2-4-8(5-3-7)19-10(11,12)13/h2-6,14H,1H3,(H,15,16). The van der Waals surface area contributed by atoms with Gasteiger partial charge in [-0.05, 0) is 43.0 Å². The highest BCUT2D eigenvalue weighted by atomic mass is 32.2. The number of hydrogen-bond acceptors (Lipinski definition) is 4. The molecule has 0 aliphatic rings. The molecule has 0 amide bonds. The van der Waals surface area contributed by atoms with Crippen molar-refractivity contribution in [2.75, 3.05) is 4.72 Å². The first-order chi connectivity index (χ1) is 9.01. The first-order valence-electron chi connectivity index (χ1n) is 5.11. The van der Waals surface area contributed by atoms with E-state index < -0.39 is 26.8 Å². The summed E-state index contributed by atoms with van der Waals surface area (Å²) in [5.41, 5.74) is -4.44. The van der Waals surface area contributed by atoms with Gasteiger partial charge in [0.05, 0.1) is 0 Å². The molecule has 0 saturated carbocycles. The molecule has 1 unspecified atom stereocenters. The minimum atomic E-state index is -4.43. The van der Waals surface area contributed by atoms with Crippen molar-refractivity contribution in [3.8, 4) is 0 Å². The Hall–Kier alpha value is -1.42. The predicted octanol–water partition coefficient (Wildman–Crippen LogP) is 2.51. The van der Waals surface area contributed by atoms with Gasteiger partial charge in [0.15, 0.2) is 5.25 Å². The lowest BCUT2D eigenvalue weighted by Crippen LogP contribution is -2.32. The molecule has 1 aromatic rings. The fourth-order valence-corrected chi connectivity index (χ4v) is 2.56. The molecule has 0 saturated heterocycles. The second-order valence-electron chi connectivity index (χ2n) is 3.70. The average molecular weight is 329 g/mol. The smallest absolute Gasteiger partial charge is 0.446 e. The quantitative estimate of drug-likeness (QED) is 0.811. The zero-order valence-electron chi connectivity index (χ0n) is 10.0. The van der Waals surface area contributed by atoms with Gasteiger partial charge in [0.2, 0.25) is 10.0 Å². The normalized spacial score (nSPS) is 13.8. The summed E-state index contributed by atoms with van der Waals surface area (Å²) in [5.74, 6) is -1.53. The molecule has 0 radical (unpaired) electrons. The van der Waals surface area contributed by atoms with Gasteiger partial charge >= 0.3 is 11.5 Å². The summed E-state index contributed by atoms with van der Waals surface area (Å²) >= 11 is -0.333. The Morgan fingerprint density at radius 1 is 1.30 bits per heavy atom. The number of benzene rings is 1. The van der Waals surface area contributed by atoms with Gasteiger partial charge in [-0.3, -0.25) is 9.52 Å². The zero-order chi connectivity index (χ0) is 15.6. The number of carbonyl (C=O) groups is 1. The highest BCUT2D eigenvalue weighted by Gasteiger charge is 2.30. The van der Waals surface area contributed by atoms with Crippen molar-refractivity contribution < 1.29 is 31.5 Å². The van der Waals surface area contributed by atoms with E-state index >= 15 is 0 Å². The number of aliphatic carboxylic acids is 1. The van der Waals surface area contributed by atoms with Crippen molar-refractivity contribution >= 4 is 33.4 Å². The van der Waals surface area contributed by atoms with Gasteiger partial charge in [-0.15, -0.1) is 0 Å². The van der Waals surface area contributed by atoms with Crippen LogP contribution in [0.5, 0.6) is 0 Å². The number of carboxylic acids is 1. The Balaban J connectivity index is 2.83. The van der Waals surface area contributed by atoms with Crippen LogP contribution in [0.15, 0.2) is 29.2 Å². The number of sulfonamides is 1. The summed E-state index contributed by atoms with van der Waals surface area (Å²) in [6.45, 7) is 0.985. The summed E-state index contributed by atoms with van der Waals surface area (Å²) in [5, 5.41) is 6.95. The van der Waals surface area contributed by atoms with Crippen LogP contribution in [0.2, 0.25) is 0 Å². The largest absolute Gasteiger partial charge is 0.480 e. The van der Waals surface area contributed by atoms with E-state index in [2.05, 4.69) is 0 Å². The number of rotatable bonds is 5. The zero-order valence-corrected chi connectivity index (χ0v) is 11.6. The molecule has 0 heterocycles. The Labute approximate surface area is 117 Å². The van der Waals surface area contributed by atoms with Crippen molar-refractivity contribution in [1.29, 1.82) is 0 Å². The molecule has 2 N–H and O–H groups in total. The molecule has 0 fully saturated rings. The van der Waals surface area contributed by atoms with Gasteiger partial charge in [0.25, 0.3) is 0 Å². The van der Waals surface area contributed by atoms with Crippen molar-refractivity contribution in [1.82, 2.24) is 0 Å². The third-order valence-electron chi connectivity index (χ3n) is 2.16. The van der Waals surface area contributed by atoms with Crippen LogP contribution in [0.3, 0.4) is 0 Å². The highest BCUT2D eigenvalue weighted by molar-refractivity contribution is 8.00. The predicted molar refractivity (Wildman–Crippen MR) is 68.0 cm³/mol. The molecule has 20 heavy (non-hydrogen) atoms. The summed E-state index contributed by atoms with van der Waals surface area (Å²) in [6, 6.07) is 4.42. The molecule has 112 valence electrons. The van der Waals surface area contributed by atoms with Crippen LogP contribution in [-0.2, 0) is 14.8 Å². The van der Waals surface area contributed by atoms with Gasteiger partial charge in [0, 0.05) is 10.6 Å². The number of alkyl halides is 3. The van der Waals surface area contributed by atoms with E-state index in [1.165, 1.54) is 0 Å². The van der Waals surface area contributed by atoms with Crippen LogP contribution >= 0.6 is 11.8 Å². The third-order valence-corrected chi connectivity index (χ3v) is 4.55. The average Bonchev–Trinajstić information content (AvgIpc) is 2.28. The Kier molecular flexibility index (Phi) is 4.92. The highest BCUT2D eigenvalue weighted by Crippen LogP contribution is 2.37. The maximum atomic E-state index is 12.1. The van der Waals surface area contributed by atoms with E-state index in [4.69, 9.17) is 5.11 Å². The molecule has 1 rings (SSSR count). The van der Waals surface area contributed by atoms with Crippen LogP contribution in [0.1, 0.15) is 6.92 Å². The van der Waals surface area contributed by atoms with Crippen molar-refractivity contribution in [2.45, 2.75) is 22.6 Å². The first-order valence-corrected chi connectivity index (χ1v) is 7.48. The number of thioether (sulfide) groups is 1. The molecule has 0 spiro atoms. The second kappa shape index (κ2) is 5.92. The van der Waals surface area contributed by atoms with Crippen molar-refractivity contribution in [2.24, 2.45) is 0 Å². The maximum absolute atomic E-state index is 12.1. The first kappa shape index (κ1) is 16.6. The van der Waals surface area contributed by atoms with Gasteiger partial charge < -0.3 is 5.11 Å². The summed E-state index contributed by atoms with van der Waals surface area (Å²) in [4.78, 5) is 10.5. The van der Waals surface area contributed by atoms with Gasteiger partial charge in [-0.25, -0.2) is 8.42 Å². The molecule has 0 aliphatic heterocycles. The van der Waals surface area contributed by atoms with Crippen LogP contribution in [0.25, 0.3) is 0 Å². The third kappa shape index (κ3) is 4.93. The van der Waals surface area contributed by atoms with E-state index in [0.29, 0.717) is 0 Å². The number of nitrogens with one attached hydrogen (secondary N) is 1. The Bertz CT molecular complexity index is 584. The molecule has 1 atom stereocenters. The summed E-state index contributed by atoms with van der Waals surface area (Å²) in [6.07, 6.45) is 0. The molecule has 1 aromatic carbocycles. The number of carboxylic acid groups (broad SMARTS) is 1. The van der Waals surface area contributed by atoms with E-state index in [9.17, 15) is 26.4 Å². The lowest BCUT2D eigenvalue weighted by Gasteiger charge is -2.12. The monoisotopic (exact) mass is 329 g/mol.